The minimum atomic E-state index is 0.369. The van der Waals surface area contributed by atoms with Crippen molar-refractivity contribution in [2.24, 2.45) is 4.99 Å². The zero-order chi connectivity index (χ0) is 23.7. The molecule has 172 valence electrons. The lowest BCUT2D eigenvalue weighted by molar-refractivity contribution is 0.534. The van der Waals surface area contributed by atoms with Crippen molar-refractivity contribution in [1.29, 1.82) is 5.41 Å². The van der Waals surface area contributed by atoms with Crippen molar-refractivity contribution in [3.8, 4) is 0 Å². The Kier molecular flexibility index (Phi) is 10.2. The molecule has 0 bridgehead atoms. The summed E-state index contributed by atoms with van der Waals surface area (Å²) < 4.78 is 0. The number of hydrogen-bond acceptors (Lipinski definition) is 5. The molecule has 1 saturated heterocycles. The van der Waals surface area contributed by atoms with Gasteiger partial charge in [0.25, 0.3) is 0 Å². The van der Waals surface area contributed by atoms with Gasteiger partial charge in [-0.15, -0.1) is 18.3 Å². The Hall–Kier alpha value is -2.41. The lowest BCUT2D eigenvalue weighted by atomic mass is 9.41. The van der Waals surface area contributed by atoms with Gasteiger partial charge in [0.2, 0.25) is 0 Å². The molecule has 2 atom stereocenters. The molecule has 3 N–H and O–H groups in total. The van der Waals surface area contributed by atoms with Crippen LogP contribution in [0.15, 0.2) is 76.7 Å². The molecule has 0 aromatic carbocycles. The van der Waals surface area contributed by atoms with Crippen LogP contribution in [0.4, 0.5) is 0 Å². The summed E-state index contributed by atoms with van der Waals surface area (Å²) in [5.74, 6) is 1.03. The lowest BCUT2D eigenvalue weighted by Crippen LogP contribution is -2.40. The van der Waals surface area contributed by atoms with Crippen molar-refractivity contribution in [3.05, 3.63) is 71.7 Å². The Balaban J connectivity index is 2.15. The van der Waals surface area contributed by atoms with Gasteiger partial charge in [-0.05, 0) is 49.2 Å². The Labute approximate surface area is 199 Å². The van der Waals surface area contributed by atoms with E-state index in [1.807, 2.05) is 31.0 Å². The van der Waals surface area contributed by atoms with Crippen LogP contribution in [0, 0.1) is 5.41 Å². The molecule has 0 amide bonds. The van der Waals surface area contributed by atoms with Gasteiger partial charge in [0, 0.05) is 37.9 Å². The van der Waals surface area contributed by atoms with Gasteiger partial charge < -0.3 is 15.5 Å². The van der Waals surface area contributed by atoms with Crippen LogP contribution in [0.5, 0.6) is 0 Å². The second-order valence-corrected chi connectivity index (χ2v) is 9.47. The van der Waals surface area contributed by atoms with E-state index in [1.54, 1.807) is 11.8 Å². The monoisotopic (exact) mass is 451 g/mol. The fourth-order valence-corrected chi connectivity index (χ4v) is 4.79. The van der Waals surface area contributed by atoms with Crippen LogP contribution in [0.2, 0.25) is 12.6 Å². The van der Waals surface area contributed by atoms with Gasteiger partial charge in [-0.2, -0.15) is 0 Å². The molecule has 1 fully saturated rings. The number of nitrogens with zero attached hydrogens (tertiary/aromatic N) is 2. The average Bonchev–Trinajstić information content (AvgIpc) is 3.06. The van der Waals surface area contributed by atoms with Gasteiger partial charge in [0.05, 0.1) is 17.7 Å². The summed E-state index contributed by atoms with van der Waals surface area (Å²) >= 11 is 1.58. The third kappa shape index (κ3) is 7.33. The first kappa shape index (κ1) is 25.9. The van der Waals surface area contributed by atoms with E-state index in [1.165, 1.54) is 24.0 Å². The second-order valence-electron chi connectivity index (χ2n) is 8.76. The van der Waals surface area contributed by atoms with Crippen LogP contribution in [-0.2, 0) is 0 Å². The fraction of sp³-hybridized carbons (Fsp3) is 0.440. The van der Waals surface area contributed by atoms with Gasteiger partial charge in [0.1, 0.15) is 5.71 Å². The minimum Gasteiger partial charge on any atom is -0.388 e. The fourth-order valence-electron chi connectivity index (χ4n) is 4.37. The maximum Gasteiger partial charge on any atom is 0.167 e. The minimum absolute atomic E-state index is 0.369. The van der Waals surface area contributed by atoms with Gasteiger partial charge in [0.15, 0.2) is 6.71 Å². The number of allylic oxidation sites excluding steroid dienone is 4. The highest BCUT2D eigenvalue weighted by Gasteiger charge is 2.36. The standard InChI is InChI=1S/C25H38BN5S/c1-18(2)14-21-8-9-24(26(21)5)30-20(4)25(23(16-32-7)29-17-27)28-12-10-22-15-19(3)11-13-31(22)6/h11,13,15-17,21,24,30H,1,3-4,8-10,12,14H2,2,5-7H3,(H2,27,29)/b23-16-,28-25?. The van der Waals surface area contributed by atoms with Gasteiger partial charge >= 0.3 is 0 Å². The van der Waals surface area contributed by atoms with Crippen molar-refractivity contribution in [1.82, 2.24) is 15.5 Å². The largest absolute Gasteiger partial charge is 0.388 e. The van der Waals surface area contributed by atoms with Crippen molar-refractivity contribution < 1.29 is 0 Å². The molecule has 2 heterocycles. The molecule has 7 heteroatoms. The van der Waals surface area contributed by atoms with Crippen LogP contribution >= 0.6 is 11.8 Å². The van der Waals surface area contributed by atoms with Crippen LogP contribution in [0.25, 0.3) is 0 Å². The molecular formula is C25H38BN5S. The first-order chi connectivity index (χ1) is 15.3. The number of hydrogen-bond donors (Lipinski definition) is 3. The molecule has 2 aliphatic rings. The summed E-state index contributed by atoms with van der Waals surface area (Å²) in [5.41, 5.74) is 5.82. The highest BCUT2D eigenvalue weighted by Crippen LogP contribution is 2.35. The van der Waals surface area contributed by atoms with Crippen LogP contribution in [0.3, 0.4) is 0 Å². The van der Waals surface area contributed by atoms with E-state index < -0.39 is 0 Å². The summed E-state index contributed by atoms with van der Waals surface area (Å²) in [5, 5.41) is 16.2. The third-order valence-corrected chi connectivity index (χ3v) is 6.63. The van der Waals surface area contributed by atoms with Crippen LogP contribution in [0.1, 0.15) is 32.6 Å². The quantitative estimate of drug-likeness (QED) is 0.161. The molecule has 0 aromatic rings. The van der Waals surface area contributed by atoms with E-state index in [0.717, 1.165) is 41.9 Å². The molecule has 2 rings (SSSR count). The number of nitrogens with one attached hydrogen (secondary N) is 3. The normalized spacial score (nSPS) is 21.5. The Morgan fingerprint density at radius 3 is 2.81 bits per heavy atom. The van der Waals surface area contributed by atoms with Crippen molar-refractivity contribution in [3.63, 3.8) is 0 Å². The van der Waals surface area contributed by atoms with Crippen molar-refractivity contribution in [2.75, 3.05) is 19.8 Å². The molecular weight excluding hydrogens is 413 g/mol. The highest BCUT2D eigenvalue weighted by atomic mass is 32.2. The molecule has 0 aromatic heterocycles. The van der Waals surface area contributed by atoms with Gasteiger partial charge in [-0.1, -0.05) is 37.8 Å². The highest BCUT2D eigenvalue weighted by molar-refractivity contribution is 8.01. The zero-order valence-electron chi connectivity index (χ0n) is 20.1. The smallest absolute Gasteiger partial charge is 0.167 e. The maximum absolute atomic E-state index is 7.55. The SMILES string of the molecule is C=C1C=CN(C)C(CCN=C(C(=C)NC2CCC(CC(=C)C)B2C)/C(=C/SC)NC=N)=C1. The van der Waals surface area contributed by atoms with Crippen molar-refractivity contribution >= 4 is 30.5 Å². The van der Waals surface area contributed by atoms with E-state index in [-0.39, 0.29) is 0 Å². The van der Waals surface area contributed by atoms with Gasteiger partial charge in [-0.25, -0.2) is 0 Å². The van der Waals surface area contributed by atoms with Gasteiger partial charge in [-0.3, -0.25) is 10.4 Å². The molecule has 0 saturated carbocycles. The Morgan fingerprint density at radius 1 is 1.41 bits per heavy atom. The summed E-state index contributed by atoms with van der Waals surface area (Å²) in [7, 11) is 2.04. The zero-order valence-corrected chi connectivity index (χ0v) is 20.9. The Morgan fingerprint density at radius 2 is 2.16 bits per heavy atom. The Bertz CT molecular complexity index is 854. The van der Waals surface area contributed by atoms with E-state index >= 15 is 0 Å². The predicted octanol–water partition coefficient (Wildman–Crippen LogP) is 5.38. The summed E-state index contributed by atoms with van der Waals surface area (Å²) in [6.07, 6.45) is 13.5. The number of rotatable bonds is 12. The molecule has 0 radical (unpaired) electrons. The molecule has 0 aliphatic carbocycles. The molecule has 5 nitrogen and oxygen atoms in total. The van der Waals surface area contributed by atoms with Crippen molar-refractivity contribution in [2.45, 2.75) is 51.2 Å². The van der Waals surface area contributed by atoms with E-state index in [9.17, 15) is 0 Å². The van der Waals surface area contributed by atoms with Crippen LogP contribution in [-0.4, -0.2) is 49.5 Å². The second kappa shape index (κ2) is 12.6. The topological polar surface area (TPSA) is 63.5 Å². The summed E-state index contributed by atoms with van der Waals surface area (Å²) in [6.45, 7) is 18.1. The first-order valence-electron chi connectivity index (χ1n) is 11.2. The van der Waals surface area contributed by atoms with E-state index in [0.29, 0.717) is 25.0 Å². The van der Waals surface area contributed by atoms with E-state index in [4.69, 9.17) is 10.4 Å². The first-order valence-corrected chi connectivity index (χ1v) is 12.5. The summed E-state index contributed by atoms with van der Waals surface area (Å²) in [4.78, 5) is 7.03. The molecule has 32 heavy (non-hydrogen) atoms. The number of thioether (sulfide) groups is 1. The third-order valence-electron chi connectivity index (χ3n) is 6.16. The maximum atomic E-state index is 7.55. The lowest BCUT2D eigenvalue weighted by Gasteiger charge is -2.24. The molecule has 0 spiro atoms. The summed E-state index contributed by atoms with van der Waals surface area (Å²) in [6, 6.07) is 0. The molecule has 2 unspecified atom stereocenters. The number of aliphatic imine (C=N–C) groups is 1. The van der Waals surface area contributed by atoms with Crippen LogP contribution < -0.4 is 10.6 Å². The molecule has 2 aliphatic heterocycles. The van der Waals surface area contributed by atoms with E-state index in [2.05, 4.69) is 55.1 Å². The predicted molar refractivity (Wildman–Crippen MR) is 145 cm³/mol. The average molecular weight is 451 g/mol.